The molecule has 0 heterocycles. The van der Waals surface area contributed by atoms with E-state index in [1.807, 2.05) is 6.07 Å². The monoisotopic (exact) mass is 320 g/mol. The molecule has 0 atom stereocenters. The maximum absolute atomic E-state index is 11.7. The molecule has 0 bridgehead atoms. The van der Waals surface area contributed by atoms with Crippen molar-refractivity contribution in [3.05, 3.63) is 58.1 Å². The Bertz CT molecular complexity index is 694. The fourth-order valence-corrected chi connectivity index (χ4v) is 2.02. The van der Waals surface area contributed by atoms with Crippen molar-refractivity contribution in [1.82, 2.24) is 0 Å². The molecule has 2 aromatic rings. The molecule has 0 radical (unpaired) electrons. The number of amides is 1. The van der Waals surface area contributed by atoms with E-state index in [0.717, 1.165) is 0 Å². The number of carbonyl (C=O) groups excluding carboxylic acids is 1. The molecule has 2 rings (SSSR count). The summed E-state index contributed by atoms with van der Waals surface area (Å²) < 4.78 is 5.32. The lowest BCUT2D eigenvalue weighted by molar-refractivity contribution is -0.118. The summed E-state index contributed by atoms with van der Waals surface area (Å²) >= 11 is 11.7. The van der Waals surface area contributed by atoms with Gasteiger partial charge in [-0.25, -0.2) is 0 Å². The molecule has 0 aliphatic rings. The Morgan fingerprint density at radius 1 is 1.19 bits per heavy atom. The average Bonchev–Trinajstić information content (AvgIpc) is 2.47. The number of nitriles is 1. The lowest BCUT2D eigenvalue weighted by Gasteiger charge is -2.09. The van der Waals surface area contributed by atoms with Crippen LogP contribution < -0.4 is 10.1 Å². The van der Waals surface area contributed by atoms with Crippen molar-refractivity contribution in [2.24, 2.45) is 0 Å². The minimum Gasteiger partial charge on any atom is -0.482 e. The Kier molecular flexibility index (Phi) is 5.04. The smallest absolute Gasteiger partial charge is 0.262 e. The number of carbonyl (C=O) groups is 1. The Hall–Kier alpha value is -2.22. The molecule has 0 aliphatic heterocycles. The molecule has 0 fully saturated rings. The van der Waals surface area contributed by atoms with Gasteiger partial charge >= 0.3 is 0 Å². The number of hydrogen-bond acceptors (Lipinski definition) is 3. The number of benzene rings is 2. The number of ether oxygens (including phenoxy) is 1. The third-order valence-corrected chi connectivity index (χ3v) is 3.08. The van der Waals surface area contributed by atoms with Crippen LogP contribution in [0.3, 0.4) is 0 Å². The second-order valence-corrected chi connectivity index (χ2v) is 4.94. The van der Waals surface area contributed by atoms with E-state index in [1.165, 1.54) is 6.07 Å². The van der Waals surface area contributed by atoms with Gasteiger partial charge in [0.1, 0.15) is 5.75 Å². The molecule has 6 heteroatoms. The van der Waals surface area contributed by atoms with Crippen molar-refractivity contribution in [3.8, 4) is 11.8 Å². The molecule has 0 unspecified atom stereocenters. The highest BCUT2D eigenvalue weighted by molar-refractivity contribution is 6.35. The van der Waals surface area contributed by atoms with Crippen LogP contribution in [0.1, 0.15) is 5.56 Å². The number of anilines is 1. The molecule has 4 nitrogen and oxygen atoms in total. The van der Waals surface area contributed by atoms with E-state index < -0.39 is 0 Å². The molecule has 0 aromatic heterocycles. The molecule has 2 aromatic carbocycles. The predicted molar refractivity (Wildman–Crippen MR) is 81.7 cm³/mol. The lowest BCUT2D eigenvalue weighted by atomic mass is 10.2. The zero-order chi connectivity index (χ0) is 15.2. The Balaban J connectivity index is 1.91. The number of nitrogens with one attached hydrogen (secondary N) is 1. The summed E-state index contributed by atoms with van der Waals surface area (Å²) in [7, 11) is 0. The molecule has 1 N–H and O–H groups in total. The summed E-state index contributed by atoms with van der Waals surface area (Å²) in [6, 6.07) is 13.3. The van der Waals surface area contributed by atoms with E-state index >= 15 is 0 Å². The summed E-state index contributed by atoms with van der Waals surface area (Å²) in [4.78, 5) is 11.7. The number of rotatable bonds is 4. The fourth-order valence-electron chi connectivity index (χ4n) is 1.56. The van der Waals surface area contributed by atoms with Gasteiger partial charge in [-0.3, -0.25) is 4.79 Å². The van der Waals surface area contributed by atoms with Crippen LogP contribution in [0.5, 0.6) is 5.75 Å². The van der Waals surface area contributed by atoms with Crippen LogP contribution in [0.25, 0.3) is 0 Å². The summed E-state index contributed by atoms with van der Waals surface area (Å²) in [5.41, 5.74) is 1.11. The molecule has 0 aliphatic carbocycles. The molecular formula is C15H10Cl2N2O2. The Morgan fingerprint density at radius 3 is 2.52 bits per heavy atom. The zero-order valence-electron chi connectivity index (χ0n) is 10.8. The number of nitrogens with zero attached hydrogens (tertiary/aromatic N) is 1. The minimum absolute atomic E-state index is 0.179. The molecule has 0 saturated heterocycles. The van der Waals surface area contributed by atoms with Crippen LogP contribution in [-0.4, -0.2) is 12.5 Å². The van der Waals surface area contributed by atoms with Crippen molar-refractivity contribution in [2.45, 2.75) is 0 Å². The first-order chi connectivity index (χ1) is 10.1. The normalized spacial score (nSPS) is 9.76. The van der Waals surface area contributed by atoms with Gasteiger partial charge < -0.3 is 10.1 Å². The van der Waals surface area contributed by atoms with Gasteiger partial charge in [-0.2, -0.15) is 5.26 Å². The first kappa shape index (κ1) is 15.2. The van der Waals surface area contributed by atoms with Gasteiger partial charge in [0.2, 0.25) is 0 Å². The van der Waals surface area contributed by atoms with Gasteiger partial charge in [0, 0.05) is 10.7 Å². The summed E-state index contributed by atoms with van der Waals surface area (Å²) in [6.07, 6.45) is 0. The first-order valence-corrected chi connectivity index (χ1v) is 6.72. The zero-order valence-corrected chi connectivity index (χ0v) is 12.3. The molecule has 0 spiro atoms. The summed E-state index contributed by atoms with van der Waals surface area (Å²) in [5, 5.41) is 12.2. The van der Waals surface area contributed by atoms with Gasteiger partial charge in [0.15, 0.2) is 6.61 Å². The average molecular weight is 321 g/mol. The number of hydrogen-bond donors (Lipinski definition) is 1. The van der Waals surface area contributed by atoms with Crippen LogP contribution in [-0.2, 0) is 4.79 Å². The Labute approximate surface area is 131 Å². The van der Waals surface area contributed by atoms with Crippen molar-refractivity contribution in [3.63, 3.8) is 0 Å². The molecule has 0 saturated carbocycles. The second kappa shape index (κ2) is 6.98. The van der Waals surface area contributed by atoms with E-state index in [9.17, 15) is 4.79 Å². The van der Waals surface area contributed by atoms with Gasteiger partial charge in [0.25, 0.3) is 5.91 Å². The van der Waals surface area contributed by atoms with E-state index in [4.69, 9.17) is 33.2 Å². The van der Waals surface area contributed by atoms with E-state index in [1.54, 1.807) is 36.4 Å². The third-order valence-electron chi connectivity index (χ3n) is 2.55. The third kappa shape index (κ3) is 4.38. The quantitative estimate of drug-likeness (QED) is 0.929. The van der Waals surface area contributed by atoms with E-state index in [2.05, 4.69) is 5.32 Å². The van der Waals surface area contributed by atoms with Crippen LogP contribution in [0, 0.1) is 11.3 Å². The van der Waals surface area contributed by atoms with E-state index in [0.29, 0.717) is 27.0 Å². The lowest BCUT2D eigenvalue weighted by Crippen LogP contribution is -2.20. The highest BCUT2D eigenvalue weighted by Gasteiger charge is 2.07. The highest BCUT2D eigenvalue weighted by Crippen LogP contribution is 2.27. The van der Waals surface area contributed by atoms with Crippen LogP contribution >= 0.6 is 23.2 Å². The molecular weight excluding hydrogens is 311 g/mol. The molecule has 1 amide bonds. The fraction of sp³-hybridized carbons (Fsp3) is 0.0667. The van der Waals surface area contributed by atoms with E-state index in [-0.39, 0.29) is 12.5 Å². The van der Waals surface area contributed by atoms with Crippen molar-refractivity contribution < 1.29 is 9.53 Å². The van der Waals surface area contributed by atoms with Crippen molar-refractivity contribution in [1.29, 1.82) is 5.26 Å². The van der Waals surface area contributed by atoms with Crippen LogP contribution in [0.2, 0.25) is 10.0 Å². The number of halogens is 2. The van der Waals surface area contributed by atoms with Gasteiger partial charge in [-0.1, -0.05) is 23.2 Å². The highest BCUT2D eigenvalue weighted by atomic mass is 35.5. The maximum atomic E-state index is 11.7. The predicted octanol–water partition coefficient (Wildman–Crippen LogP) is 3.88. The van der Waals surface area contributed by atoms with Crippen molar-refractivity contribution in [2.75, 3.05) is 11.9 Å². The summed E-state index contributed by atoms with van der Waals surface area (Å²) in [5.74, 6) is 0.0572. The second-order valence-electron chi connectivity index (χ2n) is 4.10. The Morgan fingerprint density at radius 2 is 1.90 bits per heavy atom. The van der Waals surface area contributed by atoms with Crippen molar-refractivity contribution >= 4 is 34.8 Å². The summed E-state index contributed by atoms with van der Waals surface area (Å²) in [6.45, 7) is -0.179. The molecule has 106 valence electrons. The van der Waals surface area contributed by atoms with Gasteiger partial charge in [-0.15, -0.1) is 0 Å². The van der Waals surface area contributed by atoms with Crippen LogP contribution in [0.15, 0.2) is 42.5 Å². The SMILES string of the molecule is N#Cc1ccc(NC(=O)COc2ccc(Cl)cc2Cl)cc1. The minimum atomic E-state index is -0.328. The van der Waals surface area contributed by atoms with Gasteiger partial charge in [-0.05, 0) is 42.5 Å². The topological polar surface area (TPSA) is 62.1 Å². The maximum Gasteiger partial charge on any atom is 0.262 e. The first-order valence-electron chi connectivity index (χ1n) is 5.96. The van der Waals surface area contributed by atoms with Gasteiger partial charge in [0.05, 0.1) is 16.7 Å². The standard InChI is InChI=1S/C15H10Cl2N2O2/c16-11-3-6-14(13(17)7-11)21-9-15(20)19-12-4-1-10(8-18)2-5-12/h1-7H,9H2,(H,19,20). The molecule has 21 heavy (non-hydrogen) atoms. The largest absolute Gasteiger partial charge is 0.482 e. The van der Waals surface area contributed by atoms with Crippen LogP contribution in [0.4, 0.5) is 5.69 Å².